The number of carbonyl (C=O) groups excluding carboxylic acids is 1. The zero-order valence-electron chi connectivity index (χ0n) is 14.2. The van der Waals surface area contributed by atoms with Crippen molar-refractivity contribution < 1.29 is 14.3 Å². The van der Waals surface area contributed by atoms with E-state index in [1.807, 2.05) is 6.07 Å². The summed E-state index contributed by atoms with van der Waals surface area (Å²) in [5.41, 5.74) is 0.696. The molecule has 0 saturated heterocycles. The maximum absolute atomic E-state index is 11.8. The van der Waals surface area contributed by atoms with Crippen molar-refractivity contribution in [2.75, 3.05) is 38.7 Å². The summed E-state index contributed by atoms with van der Waals surface area (Å²) < 4.78 is 11.2. The summed E-state index contributed by atoms with van der Waals surface area (Å²) >= 11 is 0. The van der Waals surface area contributed by atoms with Crippen LogP contribution in [-0.2, 0) is 0 Å². The Hall–Kier alpha value is -1.95. The third-order valence-electron chi connectivity index (χ3n) is 3.89. The maximum atomic E-state index is 11.8. The summed E-state index contributed by atoms with van der Waals surface area (Å²) in [6.07, 6.45) is 2.13. The first-order chi connectivity index (χ1) is 11.2. The molecule has 1 aromatic rings. The number of nitrogens with one attached hydrogen (secondary N) is 2. The Morgan fingerprint density at radius 1 is 1.26 bits per heavy atom. The fourth-order valence-electron chi connectivity index (χ4n) is 2.27. The maximum Gasteiger partial charge on any atom is 0.319 e. The van der Waals surface area contributed by atoms with Crippen LogP contribution in [0.4, 0.5) is 10.5 Å². The van der Waals surface area contributed by atoms with Crippen LogP contribution in [0.2, 0.25) is 0 Å². The molecule has 2 amide bonds. The third kappa shape index (κ3) is 5.63. The largest absolute Gasteiger partial charge is 0.493 e. The molecule has 0 atom stereocenters. The van der Waals surface area contributed by atoms with Gasteiger partial charge < -0.3 is 25.0 Å². The molecule has 0 unspecified atom stereocenters. The van der Waals surface area contributed by atoms with Gasteiger partial charge in [-0.3, -0.25) is 0 Å². The molecule has 2 rings (SSSR count). The molecule has 0 radical (unpaired) electrons. The summed E-state index contributed by atoms with van der Waals surface area (Å²) in [5, 5.41) is 5.73. The number of anilines is 1. The van der Waals surface area contributed by atoms with Crippen LogP contribution in [0.15, 0.2) is 18.2 Å². The second-order valence-corrected chi connectivity index (χ2v) is 5.61. The molecular weight excluding hydrogens is 294 g/mol. The molecule has 6 nitrogen and oxygen atoms in total. The Kier molecular flexibility index (Phi) is 6.52. The zero-order chi connectivity index (χ0) is 16.7. The Bertz CT molecular complexity index is 514. The second-order valence-electron chi connectivity index (χ2n) is 5.61. The molecule has 6 heteroatoms. The van der Waals surface area contributed by atoms with Gasteiger partial charge >= 0.3 is 6.03 Å². The Balaban J connectivity index is 1.92. The third-order valence-corrected chi connectivity index (χ3v) is 3.89. The van der Waals surface area contributed by atoms with Crippen molar-refractivity contribution >= 4 is 11.7 Å². The normalized spacial score (nSPS) is 13.7. The molecule has 0 aromatic heterocycles. The molecule has 0 spiro atoms. The lowest BCUT2D eigenvalue weighted by Crippen LogP contribution is -2.30. The van der Waals surface area contributed by atoms with Crippen LogP contribution in [0.25, 0.3) is 0 Å². The van der Waals surface area contributed by atoms with Crippen molar-refractivity contribution in [3.05, 3.63) is 18.2 Å². The molecular formula is C17H27N3O3. The van der Waals surface area contributed by atoms with Gasteiger partial charge in [-0.1, -0.05) is 13.8 Å². The number of rotatable bonds is 9. The molecule has 128 valence electrons. The molecule has 0 aliphatic heterocycles. The van der Waals surface area contributed by atoms with E-state index in [1.165, 1.54) is 0 Å². The topological polar surface area (TPSA) is 62.8 Å². The van der Waals surface area contributed by atoms with E-state index in [0.29, 0.717) is 29.8 Å². The van der Waals surface area contributed by atoms with Crippen LogP contribution >= 0.6 is 0 Å². The number of carbonyl (C=O) groups is 1. The van der Waals surface area contributed by atoms with E-state index in [9.17, 15) is 4.79 Å². The van der Waals surface area contributed by atoms with Gasteiger partial charge in [0.05, 0.1) is 7.11 Å². The summed E-state index contributed by atoms with van der Waals surface area (Å²) in [7, 11) is 1.61. The summed E-state index contributed by atoms with van der Waals surface area (Å²) in [6.45, 7) is 7.70. The standard InChI is InChI=1S/C17H27N3O3/c1-4-20(5-2)10-11-23-16-12-14(8-9-15(16)22-3)19-17(21)18-13-6-7-13/h8-9,12-13H,4-7,10-11H2,1-3H3,(H2,18,19,21). The van der Waals surface area contributed by atoms with Crippen LogP contribution in [0.1, 0.15) is 26.7 Å². The van der Waals surface area contributed by atoms with E-state index < -0.39 is 0 Å². The van der Waals surface area contributed by atoms with Gasteiger partial charge in [-0.15, -0.1) is 0 Å². The number of methoxy groups -OCH3 is 1. The van der Waals surface area contributed by atoms with Gasteiger partial charge in [0, 0.05) is 24.3 Å². The molecule has 1 aromatic carbocycles. The van der Waals surface area contributed by atoms with Gasteiger partial charge in [0.25, 0.3) is 0 Å². The summed E-state index contributed by atoms with van der Waals surface area (Å²) in [6, 6.07) is 5.57. The van der Waals surface area contributed by atoms with E-state index >= 15 is 0 Å². The molecule has 1 aliphatic rings. The lowest BCUT2D eigenvalue weighted by Gasteiger charge is -2.19. The number of likely N-dealkylation sites (N-methyl/N-ethyl adjacent to an activating group) is 1. The van der Waals surface area contributed by atoms with Gasteiger partial charge in [0.15, 0.2) is 11.5 Å². The van der Waals surface area contributed by atoms with Crippen LogP contribution in [-0.4, -0.2) is 50.3 Å². The lowest BCUT2D eigenvalue weighted by molar-refractivity contribution is 0.217. The average Bonchev–Trinajstić information content (AvgIpc) is 3.35. The summed E-state index contributed by atoms with van der Waals surface area (Å²) in [4.78, 5) is 14.1. The minimum absolute atomic E-state index is 0.174. The molecule has 2 N–H and O–H groups in total. The van der Waals surface area contributed by atoms with Crippen molar-refractivity contribution in [3.63, 3.8) is 0 Å². The molecule has 0 heterocycles. The Morgan fingerprint density at radius 2 is 2.00 bits per heavy atom. The summed E-state index contributed by atoms with van der Waals surface area (Å²) in [5.74, 6) is 1.31. The smallest absolute Gasteiger partial charge is 0.319 e. The Labute approximate surface area is 138 Å². The van der Waals surface area contributed by atoms with Crippen molar-refractivity contribution in [1.29, 1.82) is 0 Å². The molecule has 1 fully saturated rings. The number of hydrogen-bond acceptors (Lipinski definition) is 4. The van der Waals surface area contributed by atoms with Gasteiger partial charge in [0.1, 0.15) is 6.61 Å². The highest BCUT2D eigenvalue weighted by Gasteiger charge is 2.23. The van der Waals surface area contributed by atoms with Crippen LogP contribution in [0.3, 0.4) is 0 Å². The van der Waals surface area contributed by atoms with Crippen LogP contribution < -0.4 is 20.1 Å². The highest BCUT2D eigenvalue weighted by Crippen LogP contribution is 2.30. The SMILES string of the molecule is CCN(CC)CCOc1cc(NC(=O)NC2CC2)ccc1OC. The fourth-order valence-corrected chi connectivity index (χ4v) is 2.27. The monoisotopic (exact) mass is 321 g/mol. The lowest BCUT2D eigenvalue weighted by atomic mass is 10.2. The van der Waals surface area contributed by atoms with E-state index in [2.05, 4.69) is 29.4 Å². The zero-order valence-corrected chi connectivity index (χ0v) is 14.2. The molecule has 0 bridgehead atoms. The minimum Gasteiger partial charge on any atom is -0.493 e. The fraction of sp³-hybridized carbons (Fsp3) is 0.588. The highest BCUT2D eigenvalue weighted by molar-refractivity contribution is 5.90. The van der Waals surface area contributed by atoms with Crippen molar-refractivity contribution in [3.8, 4) is 11.5 Å². The number of ether oxygens (including phenoxy) is 2. The minimum atomic E-state index is -0.174. The first kappa shape index (κ1) is 17.4. The predicted octanol–water partition coefficient (Wildman–Crippen LogP) is 2.70. The van der Waals surface area contributed by atoms with Crippen LogP contribution in [0, 0.1) is 0 Å². The van der Waals surface area contributed by atoms with Crippen molar-refractivity contribution in [2.24, 2.45) is 0 Å². The number of benzene rings is 1. The molecule has 1 saturated carbocycles. The van der Waals surface area contributed by atoms with E-state index in [4.69, 9.17) is 9.47 Å². The van der Waals surface area contributed by atoms with Crippen molar-refractivity contribution in [1.82, 2.24) is 10.2 Å². The molecule has 1 aliphatic carbocycles. The molecule has 23 heavy (non-hydrogen) atoms. The van der Waals surface area contributed by atoms with Gasteiger partial charge in [0.2, 0.25) is 0 Å². The Morgan fingerprint density at radius 3 is 2.61 bits per heavy atom. The first-order valence-corrected chi connectivity index (χ1v) is 8.27. The van der Waals surface area contributed by atoms with Gasteiger partial charge in [-0.05, 0) is 38.1 Å². The first-order valence-electron chi connectivity index (χ1n) is 8.27. The average molecular weight is 321 g/mol. The number of urea groups is 1. The number of amides is 2. The second kappa shape index (κ2) is 8.62. The van der Waals surface area contributed by atoms with Gasteiger partial charge in [-0.2, -0.15) is 0 Å². The number of hydrogen-bond donors (Lipinski definition) is 2. The van der Waals surface area contributed by atoms with Crippen LogP contribution in [0.5, 0.6) is 11.5 Å². The van der Waals surface area contributed by atoms with Gasteiger partial charge in [-0.25, -0.2) is 4.79 Å². The van der Waals surface area contributed by atoms with Crippen molar-refractivity contribution in [2.45, 2.75) is 32.7 Å². The van der Waals surface area contributed by atoms with E-state index in [0.717, 1.165) is 32.5 Å². The van der Waals surface area contributed by atoms with E-state index in [1.54, 1.807) is 19.2 Å². The highest BCUT2D eigenvalue weighted by atomic mass is 16.5. The van der Waals surface area contributed by atoms with E-state index in [-0.39, 0.29) is 6.03 Å². The number of nitrogens with zero attached hydrogens (tertiary/aromatic N) is 1. The predicted molar refractivity (Wildman–Crippen MR) is 91.5 cm³/mol. The quantitative estimate of drug-likeness (QED) is 0.734.